The van der Waals surface area contributed by atoms with Crippen LogP contribution in [0.3, 0.4) is 0 Å². The molecule has 1 aromatic rings. The molecule has 1 aromatic heterocycles. The number of likely N-dealkylation sites (tertiary alicyclic amines) is 1. The maximum Gasteiger partial charge on any atom is 0.310 e. The van der Waals surface area contributed by atoms with Gasteiger partial charge in [0.25, 0.3) is 0 Å². The number of carbonyl (C=O) groups is 1. The molecule has 1 unspecified atom stereocenters. The first-order valence-corrected chi connectivity index (χ1v) is 7.24. The number of aliphatic carboxylic acids is 1. The summed E-state index contributed by atoms with van der Waals surface area (Å²) in [7, 11) is 0. The largest absolute Gasteiger partial charge is 0.481 e. The molecule has 18 heavy (non-hydrogen) atoms. The molecule has 5 heteroatoms. The molecule has 0 saturated carbocycles. The summed E-state index contributed by atoms with van der Waals surface area (Å²) in [6, 6.07) is 0. The van der Waals surface area contributed by atoms with E-state index in [1.54, 1.807) is 11.3 Å². The van der Waals surface area contributed by atoms with Gasteiger partial charge in [-0.1, -0.05) is 13.3 Å². The maximum atomic E-state index is 11.5. The summed E-state index contributed by atoms with van der Waals surface area (Å²) in [5.41, 5.74) is -0.519. The average molecular weight is 268 g/mol. The fourth-order valence-electron chi connectivity index (χ4n) is 2.76. The molecule has 0 aliphatic carbocycles. The molecule has 1 fully saturated rings. The highest BCUT2D eigenvalue weighted by Gasteiger charge is 2.43. The van der Waals surface area contributed by atoms with E-state index in [-0.39, 0.29) is 0 Å². The van der Waals surface area contributed by atoms with Crippen LogP contribution in [0, 0.1) is 12.3 Å². The molecule has 1 atom stereocenters. The number of aryl methyl sites for hydroxylation is 1. The Morgan fingerprint density at radius 3 is 3.00 bits per heavy atom. The summed E-state index contributed by atoms with van der Waals surface area (Å²) in [6.07, 6.45) is 4.38. The van der Waals surface area contributed by atoms with Gasteiger partial charge >= 0.3 is 5.97 Å². The number of carboxylic acids is 1. The standard InChI is InChI=1S/C13H20N2O2S/c1-3-4-13(12(16)17)5-6-15(9-13)8-11-7-14-10(2)18-11/h7H,3-6,8-9H2,1-2H3,(H,16,17). The molecule has 1 saturated heterocycles. The quantitative estimate of drug-likeness (QED) is 0.891. The molecule has 0 amide bonds. The predicted octanol–water partition coefficient (Wildman–Crippen LogP) is 2.53. The Bertz CT molecular complexity index is 432. The lowest BCUT2D eigenvalue weighted by Gasteiger charge is -2.24. The van der Waals surface area contributed by atoms with Crippen molar-refractivity contribution in [1.29, 1.82) is 0 Å². The first-order valence-electron chi connectivity index (χ1n) is 6.43. The number of nitrogens with zero attached hydrogens (tertiary/aromatic N) is 2. The second kappa shape index (κ2) is 5.36. The fraction of sp³-hybridized carbons (Fsp3) is 0.692. The minimum Gasteiger partial charge on any atom is -0.481 e. The molecular formula is C13H20N2O2S. The van der Waals surface area contributed by atoms with Gasteiger partial charge in [-0.25, -0.2) is 4.98 Å². The third-order valence-corrected chi connectivity index (χ3v) is 4.56. The van der Waals surface area contributed by atoms with Gasteiger partial charge in [0.05, 0.1) is 10.4 Å². The van der Waals surface area contributed by atoms with E-state index in [4.69, 9.17) is 0 Å². The maximum absolute atomic E-state index is 11.5. The first kappa shape index (κ1) is 13.5. The summed E-state index contributed by atoms with van der Waals surface area (Å²) in [5, 5.41) is 10.5. The molecule has 1 N–H and O–H groups in total. The van der Waals surface area contributed by atoms with Gasteiger partial charge in [-0.05, 0) is 26.3 Å². The van der Waals surface area contributed by atoms with Gasteiger partial charge < -0.3 is 5.11 Å². The van der Waals surface area contributed by atoms with Crippen molar-refractivity contribution in [1.82, 2.24) is 9.88 Å². The van der Waals surface area contributed by atoms with Crippen molar-refractivity contribution in [2.75, 3.05) is 13.1 Å². The van der Waals surface area contributed by atoms with E-state index >= 15 is 0 Å². The summed E-state index contributed by atoms with van der Waals surface area (Å²) in [6.45, 7) is 6.44. The van der Waals surface area contributed by atoms with Crippen LogP contribution in [0.25, 0.3) is 0 Å². The molecular weight excluding hydrogens is 248 g/mol. The summed E-state index contributed by atoms with van der Waals surface area (Å²) >= 11 is 1.70. The lowest BCUT2D eigenvalue weighted by Crippen LogP contribution is -2.34. The Kier molecular flexibility index (Phi) is 4.02. The van der Waals surface area contributed by atoms with Crippen LogP contribution >= 0.6 is 11.3 Å². The number of rotatable bonds is 5. The van der Waals surface area contributed by atoms with Crippen molar-refractivity contribution >= 4 is 17.3 Å². The molecule has 1 aliphatic rings. The third kappa shape index (κ3) is 2.72. The minimum atomic E-state index is -0.632. The Hall–Kier alpha value is -0.940. The van der Waals surface area contributed by atoms with Gasteiger partial charge in [0.15, 0.2) is 0 Å². The van der Waals surface area contributed by atoms with Crippen LogP contribution in [-0.2, 0) is 11.3 Å². The molecule has 4 nitrogen and oxygen atoms in total. The Morgan fingerprint density at radius 1 is 1.67 bits per heavy atom. The highest BCUT2D eigenvalue weighted by molar-refractivity contribution is 7.11. The van der Waals surface area contributed by atoms with E-state index in [2.05, 4.69) is 16.8 Å². The molecule has 0 radical (unpaired) electrons. The summed E-state index contributed by atoms with van der Waals surface area (Å²) in [4.78, 5) is 19.2. The van der Waals surface area contributed by atoms with Crippen molar-refractivity contribution in [2.45, 2.75) is 39.7 Å². The summed E-state index contributed by atoms with van der Waals surface area (Å²) in [5.74, 6) is -0.632. The van der Waals surface area contributed by atoms with E-state index < -0.39 is 11.4 Å². The second-order valence-electron chi connectivity index (χ2n) is 5.14. The number of aromatic nitrogens is 1. The molecule has 2 rings (SSSR count). The van der Waals surface area contributed by atoms with E-state index in [9.17, 15) is 9.90 Å². The Balaban J connectivity index is 2.00. The normalized spacial score (nSPS) is 24.6. The molecule has 0 aromatic carbocycles. The smallest absolute Gasteiger partial charge is 0.310 e. The van der Waals surface area contributed by atoms with Crippen LogP contribution in [0.4, 0.5) is 0 Å². The highest BCUT2D eigenvalue weighted by Crippen LogP contribution is 2.36. The molecule has 0 spiro atoms. The SMILES string of the molecule is CCCC1(C(=O)O)CCN(Cc2cnc(C)s2)C1. The monoisotopic (exact) mass is 268 g/mol. The fourth-order valence-corrected chi connectivity index (χ4v) is 3.59. The van der Waals surface area contributed by atoms with Crippen molar-refractivity contribution in [3.63, 3.8) is 0 Å². The van der Waals surface area contributed by atoms with Crippen LogP contribution in [0.15, 0.2) is 6.20 Å². The van der Waals surface area contributed by atoms with Gasteiger partial charge in [-0.3, -0.25) is 9.69 Å². The molecule has 100 valence electrons. The highest BCUT2D eigenvalue weighted by atomic mass is 32.1. The second-order valence-corrected chi connectivity index (χ2v) is 6.46. The topological polar surface area (TPSA) is 53.4 Å². The van der Waals surface area contributed by atoms with Crippen LogP contribution in [0.2, 0.25) is 0 Å². The number of hydrogen-bond acceptors (Lipinski definition) is 4. The minimum absolute atomic E-state index is 0.519. The molecule has 1 aliphatic heterocycles. The number of carboxylic acid groups (broad SMARTS) is 1. The third-order valence-electron chi connectivity index (χ3n) is 3.66. The number of thiazole rings is 1. The average Bonchev–Trinajstić information content (AvgIpc) is 2.88. The molecule has 2 heterocycles. The van der Waals surface area contributed by atoms with Gasteiger partial charge in [-0.2, -0.15) is 0 Å². The van der Waals surface area contributed by atoms with Gasteiger partial charge in [-0.15, -0.1) is 11.3 Å². The van der Waals surface area contributed by atoms with Gasteiger partial charge in [0.1, 0.15) is 0 Å². The summed E-state index contributed by atoms with van der Waals surface area (Å²) < 4.78 is 0. The van der Waals surface area contributed by atoms with E-state index in [0.29, 0.717) is 6.54 Å². The first-order chi connectivity index (χ1) is 8.55. The van der Waals surface area contributed by atoms with Crippen molar-refractivity contribution in [2.24, 2.45) is 5.41 Å². The van der Waals surface area contributed by atoms with Crippen LogP contribution in [-0.4, -0.2) is 34.0 Å². The zero-order valence-corrected chi connectivity index (χ0v) is 11.8. The van der Waals surface area contributed by atoms with Gasteiger partial charge in [0.2, 0.25) is 0 Å². The lowest BCUT2D eigenvalue weighted by molar-refractivity contribution is -0.148. The van der Waals surface area contributed by atoms with E-state index in [1.165, 1.54) is 4.88 Å². The molecule has 0 bridgehead atoms. The van der Waals surface area contributed by atoms with E-state index in [1.807, 2.05) is 13.1 Å². The Morgan fingerprint density at radius 2 is 2.44 bits per heavy atom. The van der Waals surface area contributed by atoms with Crippen molar-refractivity contribution in [3.8, 4) is 0 Å². The zero-order valence-electron chi connectivity index (χ0n) is 11.0. The van der Waals surface area contributed by atoms with Crippen LogP contribution in [0.1, 0.15) is 36.1 Å². The van der Waals surface area contributed by atoms with Crippen LogP contribution < -0.4 is 0 Å². The van der Waals surface area contributed by atoms with Crippen LogP contribution in [0.5, 0.6) is 0 Å². The van der Waals surface area contributed by atoms with Crippen molar-refractivity contribution < 1.29 is 9.90 Å². The van der Waals surface area contributed by atoms with Gasteiger partial charge in [0, 0.05) is 24.2 Å². The number of hydrogen-bond donors (Lipinski definition) is 1. The van der Waals surface area contributed by atoms with Crippen molar-refractivity contribution in [3.05, 3.63) is 16.1 Å². The predicted molar refractivity (Wildman–Crippen MR) is 71.7 cm³/mol. The van der Waals surface area contributed by atoms with E-state index in [0.717, 1.165) is 37.4 Å². The zero-order chi connectivity index (χ0) is 13.2. The lowest BCUT2D eigenvalue weighted by atomic mass is 9.83. The Labute approximate surface area is 112 Å².